The zero-order valence-corrected chi connectivity index (χ0v) is 11.0. The van der Waals surface area contributed by atoms with Crippen molar-refractivity contribution in [2.24, 2.45) is 0 Å². The van der Waals surface area contributed by atoms with Crippen molar-refractivity contribution in [3.05, 3.63) is 0 Å². The van der Waals surface area contributed by atoms with E-state index in [0.717, 1.165) is 32.7 Å². The van der Waals surface area contributed by atoms with Crippen LogP contribution in [0.1, 0.15) is 13.3 Å². The van der Waals surface area contributed by atoms with E-state index in [4.69, 9.17) is 4.74 Å². The molecule has 90 valence electrons. The minimum Gasteiger partial charge on any atom is -0.376 e. The summed E-state index contributed by atoms with van der Waals surface area (Å²) < 4.78 is 5.67. The van der Waals surface area contributed by atoms with Crippen molar-refractivity contribution in [3.63, 3.8) is 0 Å². The van der Waals surface area contributed by atoms with E-state index in [-0.39, 0.29) is 0 Å². The number of nitrogens with zero attached hydrogens (tertiary/aromatic N) is 1. The van der Waals surface area contributed by atoms with Crippen LogP contribution in [0.5, 0.6) is 0 Å². The van der Waals surface area contributed by atoms with Crippen LogP contribution in [0.25, 0.3) is 0 Å². The molecule has 0 bridgehead atoms. The number of rotatable bonds is 6. The second-order valence-electron chi connectivity index (χ2n) is 4.27. The molecule has 3 nitrogen and oxygen atoms in total. The normalized spacial score (nSPS) is 24.4. The second kappa shape index (κ2) is 7.49. The number of hydrogen-bond donors (Lipinski definition) is 1. The Morgan fingerprint density at radius 3 is 3.00 bits per heavy atom. The third-order valence-corrected chi connectivity index (χ3v) is 3.78. The first-order valence-corrected chi connectivity index (χ1v) is 7.15. The van der Waals surface area contributed by atoms with Crippen LogP contribution in [0.4, 0.5) is 0 Å². The fourth-order valence-electron chi connectivity index (χ4n) is 1.74. The van der Waals surface area contributed by atoms with Crippen molar-refractivity contribution in [1.29, 1.82) is 0 Å². The highest BCUT2D eigenvalue weighted by molar-refractivity contribution is 7.98. The first kappa shape index (κ1) is 13.3. The maximum absolute atomic E-state index is 5.67. The molecule has 1 rings (SSSR count). The summed E-state index contributed by atoms with van der Waals surface area (Å²) in [6.45, 7) is 6.32. The summed E-state index contributed by atoms with van der Waals surface area (Å²) in [4.78, 5) is 2.43. The Hall–Kier alpha value is 0.230. The van der Waals surface area contributed by atoms with Gasteiger partial charge in [-0.25, -0.2) is 0 Å². The molecule has 1 N–H and O–H groups in total. The van der Waals surface area contributed by atoms with Crippen LogP contribution in [-0.2, 0) is 4.74 Å². The molecule has 0 aliphatic carbocycles. The summed E-state index contributed by atoms with van der Waals surface area (Å²) in [5.41, 5.74) is 0. The molecule has 0 aromatic carbocycles. The van der Waals surface area contributed by atoms with Gasteiger partial charge in [0.2, 0.25) is 0 Å². The van der Waals surface area contributed by atoms with Gasteiger partial charge in [-0.15, -0.1) is 0 Å². The molecule has 0 spiro atoms. The van der Waals surface area contributed by atoms with Crippen molar-refractivity contribution in [2.75, 3.05) is 45.3 Å². The van der Waals surface area contributed by atoms with Gasteiger partial charge in [0.1, 0.15) is 0 Å². The van der Waals surface area contributed by atoms with E-state index >= 15 is 0 Å². The molecule has 1 aliphatic heterocycles. The van der Waals surface area contributed by atoms with Crippen LogP contribution in [0.3, 0.4) is 0 Å². The minimum absolute atomic E-state index is 0.419. The molecule has 1 saturated heterocycles. The van der Waals surface area contributed by atoms with Crippen molar-refractivity contribution < 1.29 is 4.74 Å². The highest BCUT2D eigenvalue weighted by Gasteiger charge is 2.15. The SMILES string of the molecule is CSCC(C)N(C)CCC1CNCCO1. The summed E-state index contributed by atoms with van der Waals surface area (Å²) in [5.74, 6) is 1.21. The lowest BCUT2D eigenvalue weighted by Crippen LogP contribution is -2.41. The van der Waals surface area contributed by atoms with Crippen LogP contribution < -0.4 is 5.32 Å². The van der Waals surface area contributed by atoms with Crippen LogP contribution in [0, 0.1) is 0 Å². The lowest BCUT2D eigenvalue weighted by Gasteiger charge is -2.28. The van der Waals surface area contributed by atoms with E-state index in [0.29, 0.717) is 12.1 Å². The topological polar surface area (TPSA) is 24.5 Å². The Morgan fingerprint density at radius 1 is 1.60 bits per heavy atom. The van der Waals surface area contributed by atoms with Crippen molar-refractivity contribution in [2.45, 2.75) is 25.5 Å². The van der Waals surface area contributed by atoms with E-state index in [1.807, 2.05) is 11.8 Å². The molecule has 2 unspecified atom stereocenters. The number of ether oxygens (including phenoxy) is 1. The van der Waals surface area contributed by atoms with Crippen molar-refractivity contribution in [1.82, 2.24) is 10.2 Å². The first-order valence-electron chi connectivity index (χ1n) is 5.75. The Bertz CT molecular complexity index is 163. The molecule has 1 aliphatic rings. The van der Waals surface area contributed by atoms with E-state index in [9.17, 15) is 0 Å². The summed E-state index contributed by atoms with van der Waals surface area (Å²) in [7, 11) is 2.21. The van der Waals surface area contributed by atoms with Gasteiger partial charge in [-0.3, -0.25) is 0 Å². The quantitative estimate of drug-likeness (QED) is 0.740. The standard InChI is InChI=1S/C11H24N2OS/c1-10(9-15-3)13(2)6-4-11-8-12-5-7-14-11/h10-12H,4-9H2,1-3H3. The van der Waals surface area contributed by atoms with Crippen LogP contribution in [0.15, 0.2) is 0 Å². The largest absolute Gasteiger partial charge is 0.376 e. The molecule has 0 aromatic rings. The van der Waals surface area contributed by atoms with Gasteiger partial charge in [-0.2, -0.15) is 11.8 Å². The molecule has 2 atom stereocenters. The van der Waals surface area contributed by atoms with Gasteiger partial charge in [-0.05, 0) is 26.6 Å². The average molecular weight is 232 g/mol. The molecule has 4 heteroatoms. The molecular formula is C11H24N2OS. The van der Waals surface area contributed by atoms with Gasteiger partial charge in [0.05, 0.1) is 12.7 Å². The maximum Gasteiger partial charge on any atom is 0.0712 e. The molecule has 1 heterocycles. The summed E-state index contributed by atoms with van der Waals surface area (Å²) in [5, 5.41) is 3.37. The lowest BCUT2D eigenvalue weighted by atomic mass is 10.2. The van der Waals surface area contributed by atoms with Crippen molar-refractivity contribution >= 4 is 11.8 Å². The van der Waals surface area contributed by atoms with Gasteiger partial charge in [-0.1, -0.05) is 0 Å². The minimum atomic E-state index is 0.419. The van der Waals surface area contributed by atoms with Crippen LogP contribution in [-0.4, -0.2) is 62.3 Å². The molecule has 0 aromatic heterocycles. The molecule has 15 heavy (non-hydrogen) atoms. The smallest absolute Gasteiger partial charge is 0.0712 e. The average Bonchev–Trinajstić information content (AvgIpc) is 2.27. The van der Waals surface area contributed by atoms with Crippen LogP contribution in [0.2, 0.25) is 0 Å². The summed E-state index contributed by atoms with van der Waals surface area (Å²) in [6, 6.07) is 0.663. The second-order valence-corrected chi connectivity index (χ2v) is 5.18. The Kier molecular flexibility index (Phi) is 6.64. The lowest BCUT2D eigenvalue weighted by molar-refractivity contribution is 0.0174. The zero-order valence-electron chi connectivity index (χ0n) is 10.2. The van der Waals surface area contributed by atoms with E-state index in [2.05, 4.69) is 30.4 Å². The summed E-state index contributed by atoms with van der Waals surface area (Å²) in [6.07, 6.45) is 3.73. The summed E-state index contributed by atoms with van der Waals surface area (Å²) >= 11 is 1.91. The van der Waals surface area contributed by atoms with E-state index in [1.165, 1.54) is 5.75 Å². The first-order chi connectivity index (χ1) is 7.24. The number of nitrogens with one attached hydrogen (secondary N) is 1. The third-order valence-electron chi connectivity index (χ3n) is 2.97. The predicted molar refractivity (Wildman–Crippen MR) is 67.7 cm³/mol. The van der Waals surface area contributed by atoms with Gasteiger partial charge in [0.25, 0.3) is 0 Å². The Morgan fingerprint density at radius 2 is 2.40 bits per heavy atom. The van der Waals surface area contributed by atoms with E-state index < -0.39 is 0 Å². The maximum atomic E-state index is 5.67. The van der Waals surface area contributed by atoms with Gasteiger partial charge >= 0.3 is 0 Å². The zero-order chi connectivity index (χ0) is 11.1. The Balaban J connectivity index is 2.11. The van der Waals surface area contributed by atoms with Crippen molar-refractivity contribution in [3.8, 4) is 0 Å². The monoisotopic (exact) mass is 232 g/mol. The van der Waals surface area contributed by atoms with E-state index in [1.54, 1.807) is 0 Å². The number of hydrogen-bond acceptors (Lipinski definition) is 4. The highest BCUT2D eigenvalue weighted by Crippen LogP contribution is 2.07. The molecule has 0 saturated carbocycles. The third kappa shape index (κ3) is 5.20. The van der Waals surface area contributed by atoms with Gasteiger partial charge < -0.3 is 15.0 Å². The molecule has 0 amide bonds. The number of thioether (sulfide) groups is 1. The fourth-order valence-corrected chi connectivity index (χ4v) is 2.48. The molecule has 1 fully saturated rings. The van der Waals surface area contributed by atoms with Gasteiger partial charge in [0.15, 0.2) is 0 Å². The Labute approximate surface area is 97.9 Å². The molecular weight excluding hydrogens is 208 g/mol. The van der Waals surface area contributed by atoms with Crippen LogP contribution >= 0.6 is 11.8 Å². The highest BCUT2D eigenvalue weighted by atomic mass is 32.2. The van der Waals surface area contributed by atoms with Gasteiger partial charge in [0, 0.05) is 31.4 Å². The predicted octanol–water partition coefficient (Wildman–Crippen LogP) is 1.05. The molecule has 0 radical (unpaired) electrons. The number of morpholine rings is 1. The fraction of sp³-hybridized carbons (Fsp3) is 1.00.